The van der Waals surface area contributed by atoms with Gasteiger partial charge in [-0.15, -0.1) is 0 Å². The summed E-state index contributed by atoms with van der Waals surface area (Å²) in [5.41, 5.74) is 2.38. The number of hydrogen-bond donors (Lipinski definition) is 0. The molecule has 98 valence electrons. The SMILES string of the molecule is Cc1c(Cl)ncnc1N1CCC(c2ccccc2)C1. The Morgan fingerprint density at radius 3 is 2.79 bits per heavy atom. The lowest BCUT2D eigenvalue weighted by atomic mass is 9.99. The monoisotopic (exact) mass is 273 g/mol. The molecule has 1 fully saturated rings. The van der Waals surface area contributed by atoms with E-state index in [1.165, 1.54) is 5.56 Å². The van der Waals surface area contributed by atoms with E-state index in [1.807, 2.05) is 6.92 Å². The zero-order valence-corrected chi connectivity index (χ0v) is 11.6. The van der Waals surface area contributed by atoms with Crippen LogP contribution in [0.3, 0.4) is 0 Å². The van der Waals surface area contributed by atoms with E-state index in [9.17, 15) is 0 Å². The summed E-state index contributed by atoms with van der Waals surface area (Å²) >= 11 is 6.07. The lowest BCUT2D eigenvalue weighted by Gasteiger charge is -2.19. The van der Waals surface area contributed by atoms with Gasteiger partial charge in [-0.05, 0) is 18.9 Å². The van der Waals surface area contributed by atoms with Crippen molar-refractivity contribution in [2.75, 3.05) is 18.0 Å². The lowest BCUT2D eigenvalue weighted by molar-refractivity contribution is 0.774. The van der Waals surface area contributed by atoms with Crippen LogP contribution in [0.4, 0.5) is 5.82 Å². The molecule has 1 atom stereocenters. The number of rotatable bonds is 2. The molecule has 0 bridgehead atoms. The molecule has 19 heavy (non-hydrogen) atoms. The summed E-state index contributed by atoms with van der Waals surface area (Å²) in [5, 5.41) is 0.549. The van der Waals surface area contributed by atoms with E-state index >= 15 is 0 Å². The van der Waals surface area contributed by atoms with Gasteiger partial charge in [0.2, 0.25) is 0 Å². The highest BCUT2D eigenvalue weighted by molar-refractivity contribution is 6.30. The first-order valence-corrected chi connectivity index (χ1v) is 6.90. The molecule has 1 unspecified atom stereocenters. The molecular formula is C15H16ClN3. The zero-order chi connectivity index (χ0) is 13.2. The molecule has 1 aliphatic heterocycles. The van der Waals surface area contributed by atoms with Gasteiger partial charge in [0.1, 0.15) is 17.3 Å². The molecule has 3 nitrogen and oxygen atoms in total. The number of anilines is 1. The minimum Gasteiger partial charge on any atom is -0.356 e. The molecule has 3 rings (SSSR count). The summed E-state index contributed by atoms with van der Waals surface area (Å²) in [6, 6.07) is 10.7. The molecule has 0 aliphatic carbocycles. The Labute approximate surface area is 118 Å². The molecule has 1 aromatic heterocycles. The summed E-state index contributed by atoms with van der Waals surface area (Å²) in [4.78, 5) is 10.7. The van der Waals surface area contributed by atoms with Gasteiger partial charge in [-0.3, -0.25) is 0 Å². The van der Waals surface area contributed by atoms with Crippen molar-refractivity contribution < 1.29 is 0 Å². The molecule has 0 saturated carbocycles. The van der Waals surface area contributed by atoms with Crippen LogP contribution in [0, 0.1) is 6.92 Å². The normalized spacial score (nSPS) is 18.8. The van der Waals surface area contributed by atoms with E-state index < -0.39 is 0 Å². The molecule has 0 N–H and O–H groups in total. The highest BCUT2D eigenvalue weighted by atomic mass is 35.5. The number of benzene rings is 1. The molecule has 0 spiro atoms. The Morgan fingerprint density at radius 2 is 2.00 bits per heavy atom. The molecule has 4 heteroatoms. The van der Waals surface area contributed by atoms with Gasteiger partial charge < -0.3 is 4.90 Å². The summed E-state index contributed by atoms with van der Waals surface area (Å²) < 4.78 is 0. The fourth-order valence-electron chi connectivity index (χ4n) is 2.69. The van der Waals surface area contributed by atoms with E-state index in [0.29, 0.717) is 11.1 Å². The Kier molecular flexibility index (Phi) is 3.38. The predicted molar refractivity (Wildman–Crippen MR) is 77.8 cm³/mol. The van der Waals surface area contributed by atoms with Crippen LogP contribution in [0.25, 0.3) is 0 Å². The third-order valence-electron chi connectivity index (χ3n) is 3.75. The van der Waals surface area contributed by atoms with Crippen LogP contribution >= 0.6 is 11.6 Å². The van der Waals surface area contributed by atoms with Crippen molar-refractivity contribution in [2.45, 2.75) is 19.3 Å². The van der Waals surface area contributed by atoms with Crippen LogP contribution in [-0.4, -0.2) is 23.1 Å². The minimum absolute atomic E-state index is 0.549. The molecule has 0 radical (unpaired) electrons. The second-order valence-electron chi connectivity index (χ2n) is 4.96. The Balaban J connectivity index is 1.81. The third-order valence-corrected chi connectivity index (χ3v) is 4.14. The van der Waals surface area contributed by atoms with E-state index in [0.717, 1.165) is 30.9 Å². The van der Waals surface area contributed by atoms with Gasteiger partial charge in [-0.2, -0.15) is 0 Å². The Bertz CT molecular complexity index is 571. The first-order valence-electron chi connectivity index (χ1n) is 6.52. The van der Waals surface area contributed by atoms with Gasteiger partial charge in [0.05, 0.1) is 0 Å². The fraction of sp³-hybridized carbons (Fsp3) is 0.333. The fourth-order valence-corrected chi connectivity index (χ4v) is 2.82. The van der Waals surface area contributed by atoms with Crippen LogP contribution < -0.4 is 4.90 Å². The standard InChI is InChI=1S/C15H16ClN3/c1-11-14(16)17-10-18-15(11)19-8-7-13(9-19)12-5-3-2-4-6-12/h2-6,10,13H,7-9H2,1H3. The lowest BCUT2D eigenvalue weighted by Crippen LogP contribution is -2.21. The molecule has 0 amide bonds. The van der Waals surface area contributed by atoms with Crippen LogP contribution in [0.2, 0.25) is 5.15 Å². The zero-order valence-electron chi connectivity index (χ0n) is 10.9. The largest absolute Gasteiger partial charge is 0.356 e. The average molecular weight is 274 g/mol. The molecule has 1 saturated heterocycles. The maximum Gasteiger partial charge on any atom is 0.137 e. The predicted octanol–water partition coefficient (Wildman–Crippen LogP) is 3.43. The van der Waals surface area contributed by atoms with Gasteiger partial charge >= 0.3 is 0 Å². The van der Waals surface area contributed by atoms with Crippen molar-refractivity contribution in [1.82, 2.24) is 9.97 Å². The van der Waals surface area contributed by atoms with Crippen LogP contribution in [0.1, 0.15) is 23.5 Å². The summed E-state index contributed by atoms with van der Waals surface area (Å²) in [6.45, 7) is 4.00. The number of halogens is 1. The van der Waals surface area contributed by atoms with Gasteiger partial charge in [0, 0.05) is 24.6 Å². The van der Waals surface area contributed by atoms with Crippen LogP contribution in [-0.2, 0) is 0 Å². The summed E-state index contributed by atoms with van der Waals surface area (Å²) in [5.74, 6) is 1.55. The maximum atomic E-state index is 6.07. The van der Waals surface area contributed by atoms with Gasteiger partial charge in [0.15, 0.2) is 0 Å². The smallest absolute Gasteiger partial charge is 0.137 e. The van der Waals surface area contributed by atoms with Crippen molar-refractivity contribution in [2.24, 2.45) is 0 Å². The minimum atomic E-state index is 0.549. The number of nitrogens with zero attached hydrogens (tertiary/aromatic N) is 3. The second-order valence-corrected chi connectivity index (χ2v) is 5.31. The van der Waals surface area contributed by atoms with Crippen molar-refractivity contribution in [3.8, 4) is 0 Å². The molecule has 1 aromatic carbocycles. The summed E-state index contributed by atoms with van der Waals surface area (Å²) in [7, 11) is 0. The van der Waals surface area contributed by atoms with E-state index in [4.69, 9.17) is 11.6 Å². The van der Waals surface area contributed by atoms with E-state index in [2.05, 4.69) is 45.2 Å². The van der Waals surface area contributed by atoms with E-state index in [1.54, 1.807) is 6.33 Å². The molecular weight excluding hydrogens is 258 g/mol. The van der Waals surface area contributed by atoms with Crippen molar-refractivity contribution >= 4 is 17.4 Å². The first-order chi connectivity index (χ1) is 9.25. The van der Waals surface area contributed by atoms with Gasteiger partial charge in [0.25, 0.3) is 0 Å². The summed E-state index contributed by atoms with van der Waals surface area (Å²) in [6.07, 6.45) is 2.70. The average Bonchev–Trinajstić information content (AvgIpc) is 2.92. The van der Waals surface area contributed by atoms with Crippen LogP contribution in [0.5, 0.6) is 0 Å². The first kappa shape index (κ1) is 12.4. The van der Waals surface area contributed by atoms with Crippen molar-refractivity contribution in [3.63, 3.8) is 0 Å². The van der Waals surface area contributed by atoms with Crippen molar-refractivity contribution in [3.05, 3.63) is 52.9 Å². The molecule has 2 aromatic rings. The molecule has 2 heterocycles. The topological polar surface area (TPSA) is 29.0 Å². The van der Waals surface area contributed by atoms with Crippen molar-refractivity contribution in [1.29, 1.82) is 0 Å². The highest BCUT2D eigenvalue weighted by Crippen LogP contribution is 2.32. The Morgan fingerprint density at radius 1 is 1.21 bits per heavy atom. The number of aromatic nitrogens is 2. The number of hydrogen-bond acceptors (Lipinski definition) is 3. The third kappa shape index (κ3) is 2.43. The quantitative estimate of drug-likeness (QED) is 0.785. The van der Waals surface area contributed by atoms with Gasteiger partial charge in [-0.25, -0.2) is 9.97 Å². The highest BCUT2D eigenvalue weighted by Gasteiger charge is 2.26. The van der Waals surface area contributed by atoms with Crippen LogP contribution in [0.15, 0.2) is 36.7 Å². The second kappa shape index (κ2) is 5.17. The Hall–Kier alpha value is -1.61. The van der Waals surface area contributed by atoms with Gasteiger partial charge in [-0.1, -0.05) is 41.9 Å². The molecule has 1 aliphatic rings. The van der Waals surface area contributed by atoms with E-state index in [-0.39, 0.29) is 0 Å². The maximum absolute atomic E-state index is 6.07.